The summed E-state index contributed by atoms with van der Waals surface area (Å²) in [6, 6.07) is 0.310. The van der Waals surface area contributed by atoms with Gasteiger partial charge in [-0.1, -0.05) is 0 Å². The molecule has 1 heterocycles. The largest absolute Gasteiger partial charge is 0.417 e. The first-order chi connectivity index (χ1) is 6.34. The van der Waals surface area contributed by atoms with E-state index in [-0.39, 0.29) is 0 Å². The minimum Gasteiger partial charge on any atom is -0.228 e. The van der Waals surface area contributed by atoms with Gasteiger partial charge >= 0.3 is 6.18 Å². The van der Waals surface area contributed by atoms with Crippen molar-refractivity contribution in [2.24, 2.45) is 0 Å². The monoisotopic (exact) mass is 215 g/mol. The Morgan fingerprint density at radius 1 is 1.21 bits per heavy atom. The van der Waals surface area contributed by atoms with Crippen LogP contribution in [-0.4, -0.2) is 4.98 Å². The molecule has 14 heavy (non-hydrogen) atoms. The molecule has 0 aromatic carbocycles. The van der Waals surface area contributed by atoms with Gasteiger partial charge in [0.05, 0.1) is 11.1 Å². The lowest BCUT2D eigenvalue weighted by Gasteiger charge is -2.11. The van der Waals surface area contributed by atoms with Crippen LogP contribution in [0.15, 0.2) is 12.3 Å². The van der Waals surface area contributed by atoms with Gasteiger partial charge in [-0.05, 0) is 6.07 Å². The zero-order valence-corrected chi connectivity index (χ0v) is 6.45. The fourth-order valence-corrected chi connectivity index (χ4v) is 0.902. The molecule has 0 saturated carbocycles. The zero-order valence-electron chi connectivity index (χ0n) is 6.45. The van der Waals surface area contributed by atoms with Gasteiger partial charge in [0, 0.05) is 6.20 Å². The van der Waals surface area contributed by atoms with E-state index in [2.05, 4.69) is 4.98 Å². The van der Waals surface area contributed by atoms with Crippen LogP contribution in [0.25, 0.3) is 0 Å². The van der Waals surface area contributed by atoms with Gasteiger partial charge in [0.1, 0.15) is 0 Å². The quantitative estimate of drug-likeness (QED) is 0.517. The number of pyridine rings is 1. The highest BCUT2D eigenvalue weighted by Crippen LogP contribution is 2.36. The van der Waals surface area contributed by atoms with Crippen molar-refractivity contribution in [2.45, 2.75) is 12.6 Å². The molecule has 0 radical (unpaired) electrons. The molecular formula is C7H3F6N. The van der Waals surface area contributed by atoms with Crippen molar-refractivity contribution in [3.05, 3.63) is 29.3 Å². The fourth-order valence-electron chi connectivity index (χ4n) is 0.902. The Bertz CT molecular complexity index is 331. The van der Waals surface area contributed by atoms with Crippen molar-refractivity contribution in [2.75, 3.05) is 0 Å². The average Bonchev–Trinajstić information content (AvgIpc) is 2.01. The number of aromatic nitrogens is 1. The SMILES string of the molecule is Fc1nccc(C(F)(F)F)c1C(F)F. The number of hydrogen-bond acceptors (Lipinski definition) is 1. The van der Waals surface area contributed by atoms with Crippen LogP contribution in [0, 0.1) is 5.95 Å². The Hall–Kier alpha value is -1.27. The second-order valence-electron chi connectivity index (χ2n) is 2.36. The predicted molar refractivity (Wildman–Crippen MR) is 34.2 cm³/mol. The predicted octanol–water partition coefficient (Wildman–Crippen LogP) is 3.18. The van der Waals surface area contributed by atoms with E-state index in [9.17, 15) is 26.3 Å². The van der Waals surface area contributed by atoms with E-state index in [1.807, 2.05) is 0 Å². The minimum atomic E-state index is -5.00. The zero-order chi connectivity index (χ0) is 10.9. The molecular weight excluding hydrogens is 212 g/mol. The second-order valence-corrected chi connectivity index (χ2v) is 2.36. The number of hydrogen-bond donors (Lipinski definition) is 0. The summed E-state index contributed by atoms with van der Waals surface area (Å²) in [5, 5.41) is 0. The highest BCUT2D eigenvalue weighted by Gasteiger charge is 2.37. The van der Waals surface area contributed by atoms with Gasteiger partial charge in [0.2, 0.25) is 5.95 Å². The van der Waals surface area contributed by atoms with Crippen molar-refractivity contribution in [1.82, 2.24) is 4.98 Å². The van der Waals surface area contributed by atoms with Gasteiger partial charge in [-0.3, -0.25) is 0 Å². The number of alkyl halides is 5. The first-order valence-electron chi connectivity index (χ1n) is 3.33. The Labute approximate surface area is 74.4 Å². The smallest absolute Gasteiger partial charge is 0.228 e. The molecule has 0 spiro atoms. The molecule has 0 aliphatic carbocycles. The summed E-state index contributed by atoms with van der Waals surface area (Å²) in [5.74, 6) is -1.80. The van der Waals surface area contributed by atoms with Crippen LogP contribution in [0.4, 0.5) is 26.3 Å². The van der Waals surface area contributed by atoms with E-state index in [4.69, 9.17) is 0 Å². The fraction of sp³-hybridized carbons (Fsp3) is 0.286. The molecule has 1 aromatic heterocycles. The third-order valence-corrected chi connectivity index (χ3v) is 1.47. The minimum absolute atomic E-state index is 0.310. The van der Waals surface area contributed by atoms with Gasteiger partial charge in [-0.15, -0.1) is 0 Å². The van der Waals surface area contributed by atoms with Crippen molar-refractivity contribution < 1.29 is 26.3 Å². The van der Waals surface area contributed by atoms with Gasteiger partial charge in [-0.25, -0.2) is 13.8 Å². The van der Waals surface area contributed by atoms with E-state index in [0.29, 0.717) is 12.3 Å². The molecule has 0 unspecified atom stereocenters. The summed E-state index contributed by atoms with van der Waals surface area (Å²) < 4.78 is 72.8. The summed E-state index contributed by atoms with van der Waals surface area (Å²) in [4.78, 5) is 2.73. The van der Waals surface area contributed by atoms with E-state index in [0.717, 1.165) is 0 Å². The highest BCUT2D eigenvalue weighted by molar-refractivity contribution is 5.28. The van der Waals surface area contributed by atoms with E-state index in [1.165, 1.54) is 0 Å². The highest BCUT2D eigenvalue weighted by atomic mass is 19.4. The maximum atomic E-state index is 12.5. The molecule has 0 N–H and O–H groups in total. The Morgan fingerprint density at radius 2 is 1.79 bits per heavy atom. The van der Waals surface area contributed by atoms with Crippen molar-refractivity contribution in [1.29, 1.82) is 0 Å². The maximum absolute atomic E-state index is 12.5. The van der Waals surface area contributed by atoms with Crippen molar-refractivity contribution in [3.8, 4) is 0 Å². The standard InChI is InChI=1S/C7H3F6N/c8-5(9)4-3(7(11,12)13)1-2-14-6(4)10/h1-2,5H. The maximum Gasteiger partial charge on any atom is 0.417 e. The number of nitrogens with zero attached hydrogens (tertiary/aromatic N) is 1. The molecule has 78 valence electrons. The lowest BCUT2D eigenvalue weighted by molar-refractivity contribution is -0.139. The average molecular weight is 215 g/mol. The topological polar surface area (TPSA) is 12.9 Å². The van der Waals surface area contributed by atoms with Crippen LogP contribution < -0.4 is 0 Å². The molecule has 0 amide bonds. The Morgan fingerprint density at radius 3 is 2.14 bits per heavy atom. The summed E-state index contributed by atoms with van der Waals surface area (Å²) in [6.45, 7) is 0. The lowest BCUT2D eigenvalue weighted by Crippen LogP contribution is -2.12. The first-order valence-corrected chi connectivity index (χ1v) is 3.33. The summed E-state index contributed by atoms with van der Waals surface area (Å²) in [5.41, 5.74) is -3.40. The molecule has 1 nitrogen and oxygen atoms in total. The molecule has 7 heteroatoms. The van der Waals surface area contributed by atoms with Crippen molar-refractivity contribution in [3.63, 3.8) is 0 Å². The summed E-state index contributed by atoms with van der Waals surface area (Å²) in [7, 11) is 0. The molecule has 0 aliphatic heterocycles. The molecule has 1 aromatic rings. The second kappa shape index (κ2) is 3.47. The van der Waals surface area contributed by atoms with E-state index >= 15 is 0 Å². The van der Waals surface area contributed by atoms with Gasteiger partial charge in [-0.2, -0.15) is 17.6 Å². The van der Waals surface area contributed by atoms with Crippen LogP contribution in [0.1, 0.15) is 17.6 Å². The van der Waals surface area contributed by atoms with Crippen LogP contribution in [0.3, 0.4) is 0 Å². The number of halogens is 6. The van der Waals surface area contributed by atoms with Crippen molar-refractivity contribution >= 4 is 0 Å². The third-order valence-electron chi connectivity index (χ3n) is 1.47. The van der Waals surface area contributed by atoms with Gasteiger partial charge in [0.15, 0.2) is 0 Å². The third kappa shape index (κ3) is 1.97. The lowest BCUT2D eigenvalue weighted by atomic mass is 10.1. The van der Waals surface area contributed by atoms with E-state index < -0.39 is 29.7 Å². The van der Waals surface area contributed by atoms with Crippen LogP contribution >= 0.6 is 0 Å². The normalized spacial score (nSPS) is 12.2. The molecule has 0 bridgehead atoms. The summed E-state index contributed by atoms with van der Waals surface area (Å²) in [6.07, 6.45) is -8.06. The Kier molecular flexibility index (Phi) is 2.68. The molecule has 0 atom stereocenters. The molecule has 1 rings (SSSR count). The molecule has 0 fully saturated rings. The van der Waals surface area contributed by atoms with Crippen LogP contribution in [-0.2, 0) is 6.18 Å². The Balaban J connectivity index is 3.36. The van der Waals surface area contributed by atoms with Gasteiger partial charge in [0.25, 0.3) is 6.43 Å². The number of rotatable bonds is 1. The molecule has 0 aliphatic rings. The first kappa shape index (κ1) is 10.8. The van der Waals surface area contributed by atoms with Crippen LogP contribution in [0.5, 0.6) is 0 Å². The van der Waals surface area contributed by atoms with Gasteiger partial charge < -0.3 is 0 Å². The molecule has 0 saturated heterocycles. The van der Waals surface area contributed by atoms with E-state index in [1.54, 1.807) is 0 Å². The van der Waals surface area contributed by atoms with Crippen LogP contribution in [0.2, 0.25) is 0 Å². The summed E-state index contributed by atoms with van der Waals surface area (Å²) >= 11 is 0.